The van der Waals surface area contributed by atoms with Gasteiger partial charge in [0.1, 0.15) is 0 Å². The molecule has 0 bridgehead atoms. The fraction of sp³-hybridized carbons (Fsp3) is 0.750. The van der Waals surface area contributed by atoms with Gasteiger partial charge in [0.25, 0.3) is 0 Å². The topological polar surface area (TPSA) is 52.6 Å². The van der Waals surface area contributed by atoms with Gasteiger partial charge in [-0.15, -0.1) is 0 Å². The van der Waals surface area contributed by atoms with Crippen molar-refractivity contribution < 1.29 is 19.1 Å². The van der Waals surface area contributed by atoms with E-state index in [1.165, 1.54) is 25.7 Å². The van der Waals surface area contributed by atoms with Crippen LogP contribution in [0, 0.1) is 0 Å². The lowest BCUT2D eigenvalue weighted by Gasteiger charge is -2.05. The number of carbonyl (C=O) groups is 2. The van der Waals surface area contributed by atoms with Crippen molar-refractivity contribution in [2.75, 3.05) is 13.2 Å². The van der Waals surface area contributed by atoms with Crippen LogP contribution in [0.15, 0.2) is 24.3 Å². The highest BCUT2D eigenvalue weighted by atomic mass is 16.5. The number of ether oxygens (including phenoxy) is 2. The molecule has 0 rings (SSSR count). The lowest BCUT2D eigenvalue weighted by atomic mass is 10.2. The molecule has 0 spiro atoms. The van der Waals surface area contributed by atoms with Gasteiger partial charge < -0.3 is 9.47 Å². The molecule has 0 aromatic carbocycles. The minimum Gasteiger partial charge on any atom is -0.466 e. The van der Waals surface area contributed by atoms with Gasteiger partial charge in [0.2, 0.25) is 0 Å². The van der Waals surface area contributed by atoms with E-state index in [-0.39, 0.29) is 24.8 Å². The van der Waals surface area contributed by atoms with Crippen LogP contribution in [0.1, 0.15) is 104 Å². The van der Waals surface area contributed by atoms with Crippen molar-refractivity contribution in [2.24, 2.45) is 0 Å². The first-order valence-electron chi connectivity index (χ1n) is 11.3. The van der Waals surface area contributed by atoms with Gasteiger partial charge in [-0.05, 0) is 51.4 Å². The Balaban J connectivity index is 3.43. The number of hydrogen-bond acceptors (Lipinski definition) is 4. The quantitative estimate of drug-likeness (QED) is 0.139. The molecule has 0 aliphatic rings. The van der Waals surface area contributed by atoms with Crippen molar-refractivity contribution in [3.63, 3.8) is 0 Å². The summed E-state index contributed by atoms with van der Waals surface area (Å²) in [7, 11) is 0. The molecule has 0 heterocycles. The molecule has 0 aliphatic carbocycles. The van der Waals surface area contributed by atoms with Crippen molar-refractivity contribution in [1.29, 1.82) is 0 Å². The summed E-state index contributed by atoms with van der Waals surface area (Å²) in [6.07, 6.45) is 22.1. The molecular weight excluding hydrogens is 352 g/mol. The lowest BCUT2D eigenvalue weighted by molar-refractivity contribution is -0.150. The molecule has 0 amide bonds. The van der Waals surface area contributed by atoms with Gasteiger partial charge >= 0.3 is 11.9 Å². The molecular formula is C24H42O4. The van der Waals surface area contributed by atoms with E-state index in [0.717, 1.165) is 51.4 Å². The first kappa shape index (κ1) is 26.4. The Morgan fingerprint density at radius 1 is 0.571 bits per heavy atom. The Kier molecular flexibility index (Phi) is 20.5. The summed E-state index contributed by atoms with van der Waals surface area (Å²) < 4.78 is 10.3. The number of carbonyl (C=O) groups excluding carboxylic acids is 2. The maximum absolute atomic E-state index is 11.6. The standard InChI is InChI=1S/C24H42O4/c1-3-5-7-9-11-13-15-17-21-27-23(25)19-20-24(26)28-22-18-16-14-12-10-8-6-4-2/h9-12H,3-8,13-22H2,1-2H3/b11-9+,12-10+. The molecule has 4 heteroatoms. The molecule has 0 fully saturated rings. The Morgan fingerprint density at radius 2 is 0.929 bits per heavy atom. The van der Waals surface area contributed by atoms with E-state index < -0.39 is 0 Å². The van der Waals surface area contributed by atoms with Gasteiger partial charge in [-0.1, -0.05) is 63.8 Å². The van der Waals surface area contributed by atoms with Crippen LogP contribution in [-0.2, 0) is 19.1 Å². The third-order valence-electron chi connectivity index (χ3n) is 4.37. The summed E-state index contributed by atoms with van der Waals surface area (Å²) in [5, 5.41) is 0. The second kappa shape index (κ2) is 21.7. The van der Waals surface area contributed by atoms with E-state index in [9.17, 15) is 9.59 Å². The van der Waals surface area contributed by atoms with E-state index in [2.05, 4.69) is 38.2 Å². The van der Waals surface area contributed by atoms with Gasteiger partial charge in [-0.3, -0.25) is 9.59 Å². The molecule has 0 aromatic rings. The van der Waals surface area contributed by atoms with Crippen LogP contribution in [0.4, 0.5) is 0 Å². The van der Waals surface area contributed by atoms with Crippen LogP contribution < -0.4 is 0 Å². The minimum atomic E-state index is -0.312. The second-order valence-corrected chi connectivity index (χ2v) is 7.16. The van der Waals surface area contributed by atoms with Crippen molar-refractivity contribution in [3.05, 3.63) is 24.3 Å². The fourth-order valence-corrected chi connectivity index (χ4v) is 2.56. The van der Waals surface area contributed by atoms with Crippen molar-refractivity contribution in [1.82, 2.24) is 0 Å². The first-order valence-corrected chi connectivity index (χ1v) is 11.3. The lowest BCUT2D eigenvalue weighted by Crippen LogP contribution is -2.11. The Bertz CT molecular complexity index is 386. The maximum Gasteiger partial charge on any atom is 0.306 e. The summed E-state index contributed by atoms with van der Waals surface area (Å²) in [4.78, 5) is 23.3. The van der Waals surface area contributed by atoms with Crippen molar-refractivity contribution >= 4 is 11.9 Å². The van der Waals surface area contributed by atoms with Crippen LogP contribution >= 0.6 is 0 Å². The number of esters is 2. The Hall–Kier alpha value is -1.58. The number of unbranched alkanes of at least 4 members (excludes halogenated alkanes) is 8. The summed E-state index contributed by atoms with van der Waals surface area (Å²) >= 11 is 0. The van der Waals surface area contributed by atoms with Crippen molar-refractivity contribution in [3.8, 4) is 0 Å². The molecule has 4 nitrogen and oxygen atoms in total. The van der Waals surface area contributed by atoms with Gasteiger partial charge in [-0.25, -0.2) is 0 Å². The number of allylic oxidation sites excluding steroid dienone is 4. The van der Waals surface area contributed by atoms with Gasteiger partial charge in [0.15, 0.2) is 0 Å². The van der Waals surface area contributed by atoms with Crippen LogP contribution in [0.3, 0.4) is 0 Å². The average Bonchev–Trinajstić information content (AvgIpc) is 2.69. The Morgan fingerprint density at radius 3 is 1.29 bits per heavy atom. The number of hydrogen-bond donors (Lipinski definition) is 0. The highest BCUT2D eigenvalue weighted by Gasteiger charge is 2.08. The highest BCUT2D eigenvalue weighted by molar-refractivity contribution is 5.77. The van der Waals surface area contributed by atoms with E-state index in [1.54, 1.807) is 0 Å². The monoisotopic (exact) mass is 394 g/mol. The van der Waals surface area contributed by atoms with E-state index in [4.69, 9.17) is 9.47 Å². The SMILES string of the molecule is CCCC/C=C/CCCCOC(=O)CCC(=O)OCCCC/C=C/CCCC. The molecule has 0 atom stereocenters. The largest absolute Gasteiger partial charge is 0.466 e. The molecule has 0 aromatic heterocycles. The summed E-state index contributed by atoms with van der Waals surface area (Å²) in [6.45, 7) is 5.25. The zero-order valence-electron chi connectivity index (χ0n) is 18.3. The van der Waals surface area contributed by atoms with Crippen LogP contribution in [-0.4, -0.2) is 25.2 Å². The smallest absolute Gasteiger partial charge is 0.306 e. The molecule has 0 radical (unpaired) electrons. The number of rotatable bonds is 19. The molecule has 28 heavy (non-hydrogen) atoms. The first-order chi connectivity index (χ1) is 13.7. The summed E-state index contributed by atoms with van der Waals surface area (Å²) in [5.74, 6) is -0.625. The van der Waals surface area contributed by atoms with Crippen LogP contribution in [0.5, 0.6) is 0 Å². The molecule has 0 aliphatic heterocycles. The molecule has 0 unspecified atom stereocenters. The third-order valence-corrected chi connectivity index (χ3v) is 4.37. The zero-order valence-corrected chi connectivity index (χ0v) is 18.3. The molecule has 0 saturated carbocycles. The maximum atomic E-state index is 11.6. The van der Waals surface area contributed by atoms with E-state index >= 15 is 0 Å². The third kappa shape index (κ3) is 20.7. The zero-order chi connectivity index (χ0) is 20.7. The van der Waals surface area contributed by atoms with Gasteiger partial charge in [-0.2, -0.15) is 0 Å². The normalized spacial score (nSPS) is 11.4. The van der Waals surface area contributed by atoms with Crippen molar-refractivity contribution in [2.45, 2.75) is 104 Å². The van der Waals surface area contributed by atoms with E-state index in [1.807, 2.05) is 0 Å². The summed E-state index contributed by atoms with van der Waals surface area (Å²) in [6, 6.07) is 0. The highest BCUT2D eigenvalue weighted by Crippen LogP contribution is 2.04. The molecule has 0 N–H and O–H groups in total. The van der Waals surface area contributed by atoms with Gasteiger partial charge in [0, 0.05) is 0 Å². The fourth-order valence-electron chi connectivity index (χ4n) is 2.56. The van der Waals surface area contributed by atoms with Crippen LogP contribution in [0.2, 0.25) is 0 Å². The minimum absolute atomic E-state index is 0.107. The summed E-state index contributed by atoms with van der Waals surface area (Å²) in [5.41, 5.74) is 0. The molecule has 162 valence electrons. The van der Waals surface area contributed by atoms with Crippen LogP contribution in [0.25, 0.3) is 0 Å². The predicted molar refractivity (Wildman–Crippen MR) is 116 cm³/mol. The average molecular weight is 395 g/mol. The molecule has 0 saturated heterocycles. The predicted octanol–water partition coefficient (Wildman–Crippen LogP) is 6.69. The second-order valence-electron chi connectivity index (χ2n) is 7.16. The Labute approximate surface area is 172 Å². The van der Waals surface area contributed by atoms with Gasteiger partial charge in [0.05, 0.1) is 26.1 Å². The van der Waals surface area contributed by atoms with E-state index in [0.29, 0.717) is 13.2 Å².